The molecule has 1 saturated carbocycles. The molecule has 18 heavy (non-hydrogen) atoms. The minimum absolute atomic E-state index is 0.0120. The number of carbonyl (C=O) groups is 1. The lowest BCUT2D eigenvalue weighted by molar-refractivity contribution is -0.178. The van der Waals surface area contributed by atoms with Crippen LogP contribution < -0.4 is 0 Å². The first-order chi connectivity index (χ1) is 8.74. The second-order valence-electron chi connectivity index (χ2n) is 5.12. The Bertz CT molecular complexity index is 272. The molecule has 0 radical (unpaired) electrons. The Balaban J connectivity index is 1.56. The minimum atomic E-state index is -0.0768. The van der Waals surface area contributed by atoms with Crippen LogP contribution in [0.25, 0.3) is 0 Å². The standard InChI is InChI=1S/C13H22O4S/c1-15-11(14)9-13(4-5-13)10-18-8-3-12-16-6-2-7-17-12/h12H,2-10H2,1H3. The quantitative estimate of drug-likeness (QED) is 0.526. The highest BCUT2D eigenvalue weighted by molar-refractivity contribution is 7.99. The van der Waals surface area contributed by atoms with E-state index in [2.05, 4.69) is 0 Å². The molecule has 0 atom stereocenters. The molecule has 4 nitrogen and oxygen atoms in total. The summed E-state index contributed by atoms with van der Waals surface area (Å²) in [5.74, 6) is 2.01. The van der Waals surface area contributed by atoms with Crippen LogP contribution >= 0.6 is 11.8 Å². The summed E-state index contributed by atoms with van der Waals surface area (Å²) in [4.78, 5) is 11.3. The lowest BCUT2D eigenvalue weighted by Gasteiger charge is -2.23. The van der Waals surface area contributed by atoms with Gasteiger partial charge in [0.05, 0.1) is 26.7 Å². The van der Waals surface area contributed by atoms with E-state index in [4.69, 9.17) is 14.2 Å². The Labute approximate surface area is 113 Å². The first kappa shape index (κ1) is 14.2. The second kappa shape index (κ2) is 6.78. The topological polar surface area (TPSA) is 44.8 Å². The molecule has 104 valence electrons. The van der Waals surface area contributed by atoms with Gasteiger partial charge in [-0.05, 0) is 36.2 Å². The summed E-state index contributed by atoms with van der Waals surface area (Å²) in [6, 6.07) is 0. The number of thioether (sulfide) groups is 1. The van der Waals surface area contributed by atoms with Gasteiger partial charge in [-0.1, -0.05) is 0 Å². The van der Waals surface area contributed by atoms with Gasteiger partial charge in [0.1, 0.15) is 0 Å². The van der Waals surface area contributed by atoms with E-state index in [9.17, 15) is 4.79 Å². The van der Waals surface area contributed by atoms with Gasteiger partial charge < -0.3 is 14.2 Å². The van der Waals surface area contributed by atoms with E-state index in [1.54, 1.807) is 0 Å². The molecule has 0 aromatic heterocycles. The van der Waals surface area contributed by atoms with E-state index in [1.807, 2.05) is 11.8 Å². The van der Waals surface area contributed by atoms with Crippen molar-refractivity contribution in [3.05, 3.63) is 0 Å². The van der Waals surface area contributed by atoms with Crippen molar-refractivity contribution in [3.63, 3.8) is 0 Å². The van der Waals surface area contributed by atoms with Crippen molar-refractivity contribution >= 4 is 17.7 Å². The lowest BCUT2D eigenvalue weighted by atomic mass is 10.1. The molecule has 0 bridgehead atoms. The smallest absolute Gasteiger partial charge is 0.306 e. The van der Waals surface area contributed by atoms with Crippen molar-refractivity contribution in [1.82, 2.24) is 0 Å². The molecule has 0 aromatic carbocycles. The number of methoxy groups -OCH3 is 1. The summed E-state index contributed by atoms with van der Waals surface area (Å²) in [6.45, 7) is 1.64. The zero-order valence-electron chi connectivity index (χ0n) is 11.0. The van der Waals surface area contributed by atoms with Crippen molar-refractivity contribution < 1.29 is 19.0 Å². The van der Waals surface area contributed by atoms with E-state index in [1.165, 1.54) is 7.11 Å². The molecule has 2 rings (SSSR count). The summed E-state index contributed by atoms with van der Waals surface area (Å²) >= 11 is 1.90. The SMILES string of the molecule is COC(=O)CC1(CSCCC2OCCCO2)CC1. The van der Waals surface area contributed by atoms with Gasteiger partial charge in [-0.15, -0.1) is 0 Å². The summed E-state index contributed by atoms with van der Waals surface area (Å²) in [7, 11) is 1.46. The number of rotatable bonds is 7. The zero-order valence-corrected chi connectivity index (χ0v) is 11.8. The number of hydrogen-bond donors (Lipinski definition) is 0. The van der Waals surface area contributed by atoms with Crippen LogP contribution in [0.1, 0.15) is 32.1 Å². The van der Waals surface area contributed by atoms with Crippen LogP contribution in [0, 0.1) is 5.41 Å². The zero-order chi connectivity index (χ0) is 12.8. The maximum absolute atomic E-state index is 11.3. The Morgan fingerprint density at radius 2 is 2.11 bits per heavy atom. The normalized spacial score (nSPS) is 22.7. The molecule has 1 heterocycles. The highest BCUT2D eigenvalue weighted by Crippen LogP contribution is 2.51. The summed E-state index contributed by atoms with van der Waals surface area (Å²) < 4.78 is 15.7. The van der Waals surface area contributed by atoms with E-state index < -0.39 is 0 Å². The third-order valence-corrected chi connectivity index (χ3v) is 4.85. The fourth-order valence-corrected chi connectivity index (χ4v) is 3.43. The Kier molecular flexibility index (Phi) is 5.33. The van der Waals surface area contributed by atoms with Gasteiger partial charge in [-0.25, -0.2) is 0 Å². The average Bonchev–Trinajstić information content (AvgIpc) is 3.16. The number of ether oxygens (including phenoxy) is 3. The predicted octanol–water partition coefficient (Wildman–Crippen LogP) is 2.22. The third kappa shape index (κ3) is 4.44. The van der Waals surface area contributed by atoms with Crippen molar-refractivity contribution in [1.29, 1.82) is 0 Å². The van der Waals surface area contributed by atoms with Gasteiger partial charge in [-0.2, -0.15) is 11.8 Å². The molecule has 0 unspecified atom stereocenters. The molecule has 0 amide bonds. The van der Waals surface area contributed by atoms with Crippen LogP contribution in [0.4, 0.5) is 0 Å². The fourth-order valence-electron chi connectivity index (χ4n) is 2.10. The first-order valence-corrected chi connectivity index (χ1v) is 7.77. The maximum Gasteiger partial charge on any atom is 0.306 e. The van der Waals surface area contributed by atoms with Gasteiger partial charge in [0.25, 0.3) is 0 Å². The van der Waals surface area contributed by atoms with Crippen LogP contribution in [0.5, 0.6) is 0 Å². The summed E-state index contributed by atoms with van der Waals surface area (Å²) in [5, 5.41) is 0. The fraction of sp³-hybridized carbons (Fsp3) is 0.923. The maximum atomic E-state index is 11.3. The molecule has 0 aromatic rings. The Morgan fingerprint density at radius 1 is 1.39 bits per heavy atom. The van der Waals surface area contributed by atoms with E-state index in [0.29, 0.717) is 6.42 Å². The van der Waals surface area contributed by atoms with Crippen LogP contribution in [-0.2, 0) is 19.0 Å². The van der Waals surface area contributed by atoms with Crippen molar-refractivity contribution in [3.8, 4) is 0 Å². The van der Waals surface area contributed by atoms with E-state index in [-0.39, 0.29) is 17.7 Å². The second-order valence-corrected chi connectivity index (χ2v) is 6.22. The Morgan fingerprint density at radius 3 is 2.72 bits per heavy atom. The number of hydrogen-bond acceptors (Lipinski definition) is 5. The molecular formula is C13H22O4S. The monoisotopic (exact) mass is 274 g/mol. The first-order valence-electron chi connectivity index (χ1n) is 6.62. The highest BCUT2D eigenvalue weighted by atomic mass is 32.2. The largest absolute Gasteiger partial charge is 0.469 e. The van der Waals surface area contributed by atoms with Gasteiger partial charge in [0.2, 0.25) is 0 Å². The lowest BCUT2D eigenvalue weighted by Crippen LogP contribution is -2.25. The highest BCUT2D eigenvalue weighted by Gasteiger charge is 2.44. The van der Waals surface area contributed by atoms with Gasteiger partial charge in [-0.3, -0.25) is 4.79 Å². The molecule has 1 aliphatic heterocycles. The van der Waals surface area contributed by atoms with Crippen LogP contribution in [0.3, 0.4) is 0 Å². The molecule has 1 aliphatic carbocycles. The van der Waals surface area contributed by atoms with Gasteiger partial charge in [0, 0.05) is 6.42 Å². The Hall–Kier alpha value is -0.260. The van der Waals surface area contributed by atoms with Crippen molar-refractivity contribution in [2.75, 3.05) is 31.8 Å². The van der Waals surface area contributed by atoms with Crippen molar-refractivity contribution in [2.45, 2.75) is 38.4 Å². The molecule has 5 heteroatoms. The third-order valence-electron chi connectivity index (χ3n) is 3.51. The van der Waals surface area contributed by atoms with E-state index in [0.717, 1.165) is 50.4 Å². The average molecular weight is 274 g/mol. The van der Waals surface area contributed by atoms with E-state index >= 15 is 0 Å². The summed E-state index contributed by atoms with van der Waals surface area (Å²) in [5.41, 5.74) is 0.228. The van der Waals surface area contributed by atoms with Gasteiger partial charge >= 0.3 is 5.97 Å². The van der Waals surface area contributed by atoms with Crippen LogP contribution in [0.2, 0.25) is 0 Å². The molecular weight excluding hydrogens is 252 g/mol. The predicted molar refractivity (Wildman–Crippen MR) is 70.6 cm³/mol. The molecule has 1 saturated heterocycles. The minimum Gasteiger partial charge on any atom is -0.469 e. The number of carbonyl (C=O) groups excluding carboxylic acids is 1. The molecule has 0 N–H and O–H groups in total. The molecule has 2 aliphatic rings. The molecule has 0 spiro atoms. The number of esters is 1. The summed E-state index contributed by atoms with van der Waals surface area (Å²) in [6.07, 6.45) is 4.83. The van der Waals surface area contributed by atoms with Crippen LogP contribution in [-0.4, -0.2) is 44.1 Å². The van der Waals surface area contributed by atoms with Crippen LogP contribution in [0.15, 0.2) is 0 Å². The van der Waals surface area contributed by atoms with Crippen molar-refractivity contribution in [2.24, 2.45) is 5.41 Å². The van der Waals surface area contributed by atoms with Gasteiger partial charge in [0.15, 0.2) is 6.29 Å². The molecule has 2 fully saturated rings.